The Morgan fingerprint density at radius 1 is 1.27 bits per heavy atom. The summed E-state index contributed by atoms with van der Waals surface area (Å²) >= 11 is 3.47. The van der Waals surface area contributed by atoms with Gasteiger partial charge in [-0.15, -0.1) is 23.1 Å². The highest BCUT2D eigenvalue weighted by Crippen LogP contribution is 2.52. The second-order valence-electron chi connectivity index (χ2n) is 9.20. The number of ketones is 1. The molecule has 172 valence electrons. The van der Waals surface area contributed by atoms with Crippen molar-refractivity contribution in [3.63, 3.8) is 0 Å². The Morgan fingerprint density at radius 2 is 1.97 bits per heavy atom. The Balaban J connectivity index is 2.00. The van der Waals surface area contributed by atoms with Crippen molar-refractivity contribution in [2.24, 2.45) is 11.1 Å². The number of anilines is 1. The van der Waals surface area contributed by atoms with Crippen molar-refractivity contribution in [1.82, 2.24) is 0 Å². The number of aryl methyl sites for hydroxylation is 1. The van der Waals surface area contributed by atoms with Crippen LogP contribution in [-0.4, -0.2) is 11.5 Å². The maximum absolute atomic E-state index is 13.7. The summed E-state index contributed by atoms with van der Waals surface area (Å²) in [6.45, 7) is 8.36. The highest BCUT2D eigenvalue weighted by molar-refractivity contribution is 8.01. The highest BCUT2D eigenvalue weighted by atomic mass is 32.2. The number of halogens is 1. The lowest BCUT2D eigenvalue weighted by atomic mass is 9.69. The Bertz CT molecular complexity index is 1200. The van der Waals surface area contributed by atoms with Crippen molar-refractivity contribution >= 4 is 34.6 Å². The topological polar surface area (TPSA) is 70.1 Å². The third-order valence-electron chi connectivity index (χ3n) is 6.18. The van der Waals surface area contributed by atoms with Crippen molar-refractivity contribution < 1.29 is 9.18 Å². The van der Waals surface area contributed by atoms with Crippen molar-refractivity contribution in [2.75, 3.05) is 10.7 Å². The van der Waals surface area contributed by atoms with E-state index in [0.717, 1.165) is 27.6 Å². The fraction of sp³-hybridized carbons (Fsp3) is 0.385. The summed E-state index contributed by atoms with van der Waals surface area (Å²) in [4.78, 5) is 16.7. The molecule has 33 heavy (non-hydrogen) atoms. The van der Waals surface area contributed by atoms with E-state index in [4.69, 9.17) is 5.73 Å². The molecule has 1 aliphatic carbocycles. The summed E-state index contributed by atoms with van der Waals surface area (Å²) < 4.78 is 14.8. The van der Waals surface area contributed by atoms with E-state index in [2.05, 4.69) is 39.8 Å². The highest BCUT2D eigenvalue weighted by Gasteiger charge is 2.45. The number of nitrogens with two attached hydrogens (primary N) is 1. The molecular weight excluding hydrogens is 453 g/mol. The van der Waals surface area contributed by atoms with Crippen LogP contribution in [0.1, 0.15) is 56.9 Å². The lowest BCUT2D eigenvalue weighted by molar-refractivity contribution is -0.118. The zero-order chi connectivity index (χ0) is 23.9. The molecule has 4 nitrogen and oxygen atoms in total. The molecule has 2 N–H and O–H groups in total. The number of thiophene rings is 1. The molecule has 4 rings (SSSR count). The van der Waals surface area contributed by atoms with Gasteiger partial charge in [0.2, 0.25) is 0 Å². The minimum atomic E-state index is -0.476. The van der Waals surface area contributed by atoms with Gasteiger partial charge in [-0.3, -0.25) is 9.69 Å². The summed E-state index contributed by atoms with van der Waals surface area (Å²) in [6, 6.07) is 10.5. The van der Waals surface area contributed by atoms with Gasteiger partial charge in [0.15, 0.2) is 5.78 Å². The second-order valence-corrected chi connectivity index (χ2v) is 11.9. The van der Waals surface area contributed by atoms with E-state index in [1.165, 1.54) is 17.0 Å². The van der Waals surface area contributed by atoms with Crippen LogP contribution >= 0.6 is 23.1 Å². The van der Waals surface area contributed by atoms with Crippen LogP contribution in [0.4, 0.5) is 10.1 Å². The number of hydrogen-bond acceptors (Lipinski definition) is 6. The number of carbonyl (C=O) groups excluding carboxylic acids is 1. The van der Waals surface area contributed by atoms with E-state index in [9.17, 15) is 14.4 Å². The number of nitriles is 1. The number of benzene rings is 1. The molecule has 2 heterocycles. The molecule has 1 aliphatic heterocycles. The van der Waals surface area contributed by atoms with Crippen molar-refractivity contribution in [1.29, 1.82) is 5.26 Å². The van der Waals surface area contributed by atoms with Gasteiger partial charge in [0.1, 0.15) is 11.6 Å². The molecule has 1 aromatic heterocycles. The molecule has 0 bridgehead atoms. The third-order valence-corrected chi connectivity index (χ3v) is 8.66. The summed E-state index contributed by atoms with van der Waals surface area (Å²) in [5.41, 5.74) is 9.94. The number of thioether (sulfide) groups is 1. The number of nitrogens with zero attached hydrogens (tertiary/aromatic N) is 2. The Labute approximate surface area is 203 Å². The van der Waals surface area contributed by atoms with Crippen LogP contribution in [0.3, 0.4) is 0 Å². The Morgan fingerprint density at radius 3 is 2.58 bits per heavy atom. The Hall–Kier alpha value is -2.56. The molecule has 0 saturated carbocycles. The van der Waals surface area contributed by atoms with Gasteiger partial charge in [-0.05, 0) is 59.9 Å². The zero-order valence-corrected chi connectivity index (χ0v) is 21.0. The molecule has 1 aromatic carbocycles. The largest absolute Gasteiger partial charge is 0.384 e. The lowest BCUT2D eigenvalue weighted by Gasteiger charge is -2.43. The smallest absolute Gasteiger partial charge is 0.162 e. The van der Waals surface area contributed by atoms with Crippen molar-refractivity contribution in [2.45, 2.75) is 57.1 Å². The summed E-state index contributed by atoms with van der Waals surface area (Å²) in [5, 5.41) is 10.3. The average molecular weight is 482 g/mol. The number of allylic oxidation sites excluding steroid dienone is 3. The minimum Gasteiger partial charge on any atom is -0.384 e. The van der Waals surface area contributed by atoms with Crippen LogP contribution in [0.5, 0.6) is 0 Å². The van der Waals surface area contributed by atoms with Gasteiger partial charge in [0.05, 0.1) is 21.8 Å². The van der Waals surface area contributed by atoms with Crippen LogP contribution in [0, 0.1) is 22.6 Å². The number of carbonyl (C=O) groups is 1. The number of hydrogen-bond donors (Lipinski definition) is 1. The van der Waals surface area contributed by atoms with Crippen molar-refractivity contribution in [3.05, 3.63) is 69.3 Å². The first-order valence-corrected chi connectivity index (χ1v) is 13.0. The molecule has 0 amide bonds. The van der Waals surface area contributed by atoms with Crippen LogP contribution in [0.2, 0.25) is 0 Å². The Kier molecular flexibility index (Phi) is 6.43. The van der Waals surface area contributed by atoms with Crippen LogP contribution in [0.15, 0.2) is 57.2 Å². The molecule has 0 saturated heterocycles. The first-order chi connectivity index (χ1) is 15.7. The average Bonchev–Trinajstić information content (AvgIpc) is 3.16. The lowest BCUT2D eigenvalue weighted by Crippen LogP contribution is -2.42. The van der Waals surface area contributed by atoms with Crippen molar-refractivity contribution in [3.8, 4) is 6.07 Å². The molecule has 0 spiro atoms. The molecular formula is C26H28FN3OS2. The first-order valence-electron chi connectivity index (χ1n) is 11.2. The molecule has 2 aromatic rings. The van der Waals surface area contributed by atoms with Crippen LogP contribution in [-0.2, 0) is 11.2 Å². The van der Waals surface area contributed by atoms with Gasteiger partial charge in [-0.25, -0.2) is 4.39 Å². The fourth-order valence-electron chi connectivity index (χ4n) is 4.76. The summed E-state index contributed by atoms with van der Waals surface area (Å²) in [5.74, 6) is 0.442. The van der Waals surface area contributed by atoms with Gasteiger partial charge < -0.3 is 5.73 Å². The van der Waals surface area contributed by atoms with Gasteiger partial charge in [0.25, 0.3) is 0 Å². The molecule has 2 aliphatic rings. The third kappa shape index (κ3) is 4.22. The number of rotatable bonds is 5. The van der Waals surface area contributed by atoms with E-state index < -0.39 is 5.92 Å². The molecule has 1 atom stereocenters. The maximum Gasteiger partial charge on any atom is 0.162 e. The van der Waals surface area contributed by atoms with Gasteiger partial charge >= 0.3 is 0 Å². The van der Waals surface area contributed by atoms with Gasteiger partial charge in [-0.2, -0.15) is 5.26 Å². The van der Waals surface area contributed by atoms with E-state index in [1.54, 1.807) is 40.1 Å². The predicted molar refractivity (Wildman–Crippen MR) is 134 cm³/mol. The monoisotopic (exact) mass is 481 g/mol. The van der Waals surface area contributed by atoms with E-state index in [0.29, 0.717) is 35.5 Å². The number of Topliss-reactive ketones (excluding diaryl/α,β-unsaturated/α-hetero) is 1. The van der Waals surface area contributed by atoms with E-state index in [-0.39, 0.29) is 17.0 Å². The maximum atomic E-state index is 13.7. The SMILES string of the molecule is CCSc1sc(CC)cc1[C@@H]1C(C#N)=C(N)N(c2ccc(F)cc2)C2=C1C(=O)CC(C)(C)C2. The zero-order valence-electron chi connectivity index (χ0n) is 19.4. The van der Waals surface area contributed by atoms with Gasteiger partial charge in [-0.1, -0.05) is 27.7 Å². The van der Waals surface area contributed by atoms with E-state index in [1.807, 2.05) is 0 Å². The molecule has 0 unspecified atom stereocenters. The normalized spacial score (nSPS) is 20.2. The predicted octanol–water partition coefficient (Wildman–Crippen LogP) is 6.50. The minimum absolute atomic E-state index is 0.0512. The van der Waals surface area contributed by atoms with Crippen LogP contribution in [0.25, 0.3) is 0 Å². The fourth-order valence-corrected chi connectivity index (χ4v) is 7.14. The molecule has 0 radical (unpaired) electrons. The van der Waals surface area contributed by atoms with E-state index >= 15 is 0 Å². The van der Waals surface area contributed by atoms with Gasteiger partial charge in [0, 0.05) is 28.3 Å². The molecule has 0 fully saturated rings. The molecule has 7 heteroatoms. The second kappa shape index (κ2) is 9.00. The summed E-state index contributed by atoms with van der Waals surface area (Å²) in [6.07, 6.45) is 1.95. The summed E-state index contributed by atoms with van der Waals surface area (Å²) in [7, 11) is 0. The standard InChI is InChI=1S/C26H28FN3OS2/c1-5-17-11-18(25(33-17)32-6-2)22-19(14-28)24(29)30(16-9-7-15(27)8-10-16)20-12-26(3,4)13-21(31)23(20)22/h7-11,22H,5-6,12-13,29H2,1-4H3/t22-/m1/s1. The van der Waals surface area contributed by atoms with Crippen LogP contribution < -0.4 is 10.6 Å². The first kappa shape index (κ1) is 23.6. The quantitative estimate of drug-likeness (QED) is 0.494.